The Bertz CT molecular complexity index is 1850. The van der Waals surface area contributed by atoms with Crippen molar-refractivity contribution in [3.8, 4) is 11.1 Å². The van der Waals surface area contributed by atoms with Gasteiger partial charge in [0.25, 0.3) is 0 Å². The summed E-state index contributed by atoms with van der Waals surface area (Å²) in [7, 11) is 0. The predicted molar refractivity (Wildman–Crippen MR) is 136 cm³/mol. The summed E-state index contributed by atoms with van der Waals surface area (Å²) in [5, 5.41) is 8.03. The molecule has 0 aliphatic rings. The standard InChI is InChI=1S/C30H20N2/c1-17-15-31-27-9-5-3-7-21(27)25-13-19(11-23(17)29(25)31)20-12-24-18(2)16-32-28-10-6-4-8-22(28)26(14-20)30(24)32/h3-16H,1-2H3. The lowest BCUT2D eigenvalue weighted by Crippen LogP contribution is -1.82. The maximum atomic E-state index is 2.39. The van der Waals surface area contributed by atoms with Crippen LogP contribution in [0.25, 0.3) is 65.5 Å². The Morgan fingerprint density at radius 3 is 1.34 bits per heavy atom. The Morgan fingerprint density at radius 1 is 0.469 bits per heavy atom. The van der Waals surface area contributed by atoms with Gasteiger partial charge in [0.1, 0.15) is 0 Å². The van der Waals surface area contributed by atoms with E-state index in [4.69, 9.17) is 0 Å². The second-order valence-corrected chi connectivity index (χ2v) is 9.24. The lowest BCUT2D eigenvalue weighted by molar-refractivity contribution is 1.28. The summed E-state index contributed by atoms with van der Waals surface area (Å²) in [6, 6.07) is 27.1. The van der Waals surface area contributed by atoms with E-state index < -0.39 is 0 Å². The molecule has 8 aromatic rings. The van der Waals surface area contributed by atoms with Crippen molar-refractivity contribution < 1.29 is 0 Å². The average molecular weight is 409 g/mol. The van der Waals surface area contributed by atoms with Crippen LogP contribution in [0.2, 0.25) is 0 Å². The van der Waals surface area contributed by atoms with Crippen molar-refractivity contribution in [1.29, 1.82) is 0 Å². The van der Waals surface area contributed by atoms with Crippen LogP contribution in [0.4, 0.5) is 0 Å². The number of hydrogen-bond donors (Lipinski definition) is 0. The van der Waals surface area contributed by atoms with E-state index >= 15 is 0 Å². The third-order valence-corrected chi connectivity index (χ3v) is 7.44. The third kappa shape index (κ3) is 1.83. The molecule has 2 nitrogen and oxygen atoms in total. The third-order valence-electron chi connectivity index (χ3n) is 7.44. The highest BCUT2D eigenvalue weighted by molar-refractivity contribution is 6.19. The average Bonchev–Trinajstić information content (AvgIpc) is 3.53. The summed E-state index contributed by atoms with van der Waals surface area (Å²) in [6.07, 6.45) is 4.57. The van der Waals surface area contributed by atoms with Gasteiger partial charge in [0, 0.05) is 44.7 Å². The molecule has 0 aliphatic carbocycles. The molecule has 4 aromatic carbocycles. The number of aryl methyl sites for hydroxylation is 2. The number of rotatable bonds is 1. The number of para-hydroxylation sites is 2. The number of fused-ring (bicyclic) bond motifs is 6. The molecule has 4 aromatic heterocycles. The van der Waals surface area contributed by atoms with Gasteiger partial charge in [-0.05, 0) is 72.5 Å². The molecule has 32 heavy (non-hydrogen) atoms. The number of benzene rings is 4. The van der Waals surface area contributed by atoms with Crippen molar-refractivity contribution in [2.75, 3.05) is 0 Å². The van der Waals surface area contributed by atoms with Crippen molar-refractivity contribution in [3.63, 3.8) is 0 Å². The Balaban J connectivity index is 1.53. The Morgan fingerprint density at radius 2 is 0.875 bits per heavy atom. The van der Waals surface area contributed by atoms with Gasteiger partial charge in [-0.3, -0.25) is 0 Å². The Kier molecular flexibility index (Phi) is 2.81. The first kappa shape index (κ1) is 16.6. The summed E-state index contributed by atoms with van der Waals surface area (Å²) in [5.41, 5.74) is 10.5. The van der Waals surface area contributed by atoms with Crippen molar-refractivity contribution in [1.82, 2.24) is 8.80 Å². The zero-order chi connectivity index (χ0) is 21.1. The van der Waals surface area contributed by atoms with Crippen LogP contribution in [0, 0.1) is 13.8 Å². The number of hydrogen-bond acceptors (Lipinski definition) is 0. The maximum absolute atomic E-state index is 2.39. The van der Waals surface area contributed by atoms with Gasteiger partial charge >= 0.3 is 0 Å². The van der Waals surface area contributed by atoms with Crippen molar-refractivity contribution in [3.05, 3.63) is 96.3 Å². The van der Waals surface area contributed by atoms with Crippen LogP contribution in [0.3, 0.4) is 0 Å². The summed E-state index contributed by atoms with van der Waals surface area (Å²) in [4.78, 5) is 0. The minimum atomic E-state index is 1.29. The molecule has 0 saturated heterocycles. The smallest absolute Gasteiger partial charge is 0.0611 e. The minimum Gasteiger partial charge on any atom is -0.315 e. The maximum Gasteiger partial charge on any atom is 0.0611 e. The van der Waals surface area contributed by atoms with Crippen LogP contribution in [0.5, 0.6) is 0 Å². The molecule has 0 amide bonds. The summed E-state index contributed by atoms with van der Waals surface area (Å²) in [6.45, 7) is 4.45. The molecular formula is C30H20N2. The molecule has 0 saturated carbocycles. The van der Waals surface area contributed by atoms with Gasteiger partial charge in [-0.25, -0.2) is 0 Å². The van der Waals surface area contributed by atoms with Crippen LogP contribution in [0.1, 0.15) is 11.1 Å². The highest BCUT2D eigenvalue weighted by atomic mass is 14.9. The molecule has 0 radical (unpaired) electrons. The molecule has 0 spiro atoms. The van der Waals surface area contributed by atoms with E-state index in [1.807, 2.05) is 0 Å². The van der Waals surface area contributed by atoms with Gasteiger partial charge in [0.15, 0.2) is 0 Å². The van der Waals surface area contributed by atoms with Crippen LogP contribution < -0.4 is 0 Å². The van der Waals surface area contributed by atoms with E-state index in [2.05, 4.69) is 108 Å². The molecule has 0 bridgehead atoms. The lowest BCUT2D eigenvalue weighted by atomic mass is 9.96. The van der Waals surface area contributed by atoms with Crippen molar-refractivity contribution in [2.45, 2.75) is 13.8 Å². The zero-order valence-corrected chi connectivity index (χ0v) is 18.0. The quantitative estimate of drug-likeness (QED) is 0.260. The Labute approximate surface area is 184 Å². The molecule has 4 heterocycles. The lowest BCUT2D eigenvalue weighted by Gasteiger charge is -2.07. The molecule has 0 unspecified atom stereocenters. The SMILES string of the molecule is Cc1cn2c3ccccc3c3cc(-c4cc5c(C)cn6c7ccccc7c(c4)c56)cc1c32. The topological polar surface area (TPSA) is 8.82 Å². The molecular weight excluding hydrogens is 388 g/mol. The second kappa shape index (κ2) is 5.41. The monoisotopic (exact) mass is 408 g/mol. The van der Waals surface area contributed by atoms with E-state index in [1.165, 1.54) is 76.6 Å². The fourth-order valence-electron chi connectivity index (χ4n) is 5.99. The summed E-state index contributed by atoms with van der Waals surface area (Å²) in [5.74, 6) is 0. The fraction of sp³-hybridized carbons (Fsp3) is 0.0667. The van der Waals surface area contributed by atoms with E-state index in [9.17, 15) is 0 Å². The number of aromatic nitrogens is 2. The molecule has 150 valence electrons. The van der Waals surface area contributed by atoms with Gasteiger partial charge in [-0.2, -0.15) is 0 Å². The van der Waals surface area contributed by atoms with E-state index in [1.54, 1.807) is 0 Å². The van der Waals surface area contributed by atoms with Crippen LogP contribution in [-0.2, 0) is 0 Å². The Hall–Kier alpha value is -4.04. The summed E-state index contributed by atoms with van der Waals surface area (Å²) < 4.78 is 4.73. The first-order chi connectivity index (χ1) is 15.7. The van der Waals surface area contributed by atoms with Gasteiger partial charge in [0.05, 0.1) is 22.1 Å². The second-order valence-electron chi connectivity index (χ2n) is 9.24. The van der Waals surface area contributed by atoms with Crippen molar-refractivity contribution >= 4 is 54.4 Å². The van der Waals surface area contributed by atoms with E-state index in [-0.39, 0.29) is 0 Å². The molecule has 2 heteroatoms. The van der Waals surface area contributed by atoms with Crippen LogP contribution in [0.15, 0.2) is 85.2 Å². The zero-order valence-electron chi connectivity index (χ0n) is 18.0. The summed E-state index contributed by atoms with van der Waals surface area (Å²) >= 11 is 0. The molecule has 0 N–H and O–H groups in total. The molecule has 0 atom stereocenters. The van der Waals surface area contributed by atoms with Crippen LogP contribution in [-0.4, -0.2) is 8.80 Å². The van der Waals surface area contributed by atoms with Crippen LogP contribution >= 0.6 is 0 Å². The first-order valence-electron chi connectivity index (χ1n) is 11.2. The normalized spacial score (nSPS) is 12.7. The van der Waals surface area contributed by atoms with E-state index in [0.717, 1.165) is 0 Å². The first-order valence-corrected chi connectivity index (χ1v) is 11.2. The highest BCUT2D eigenvalue weighted by Crippen LogP contribution is 2.41. The predicted octanol–water partition coefficient (Wildman–Crippen LogP) is 7.96. The van der Waals surface area contributed by atoms with Gasteiger partial charge in [0.2, 0.25) is 0 Å². The fourth-order valence-corrected chi connectivity index (χ4v) is 5.99. The highest BCUT2D eigenvalue weighted by Gasteiger charge is 2.18. The van der Waals surface area contributed by atoms with Crippen molar-refractivity contribution in [2.24, 2.45) is 0 Å². The molecule has 0 aliphatic heterocycles. The number of nitrogens with zero attached hydrogens (tertiary/aromatic N) is 2. The van der Waals surface area contributed by atoms with Gasteiger partial charge < -0.3 is 8.80 Å². The van der Waals surface area contributed by atoms with E-state index in [0.29, 0.717) is 0 Å². The minimum absolute atomic E-state index is 1.29. The largest absolute Gasteiger partial charge is 0.315 e. The van der Waals surface area contributed by atoms with Gasteiger partial charge in [-0.15, -0.1) is 0 Å². The van der Waals surface area contributed by atoms with Gasteiger partial charge in [-0.1, -0.05) is 36.4 Å². The molecule has 8 rings (SSSR count). The molecule has 0 fully saturated rings.